The van der Waals surface area contributed by atoms with Gasteiger partial charge in [0.1, 0.15) is 5.69 Å². The molecule has 0 aliphatic rings. The van der Waals surface area contributed by atoms with Crippen LogP contribution in [-0.4, -0.2) is 22.1 Å². The number of nitrogens with zero attached hydrogens (tertiary/aromatic N) is 1. The molecule has 1 rings (SSSR count). The molecule has 0 radical (unpaired) electrons. The molecular formula is C9H11N3O. The van der Waals surface area contributed by atoms with Gasteiger partial charge < -0.3 is 5.32 Å². The quantitative estimate of drug-likeness (QED) is 0.662. The lowest BCUT2D eigenvalue weighted by Gasteiger charge is -2.08. The molecule has 0 saturated carbocycles. The number of hydrogen-bond donors (Lipinski definition) is 2. The molecule has 0 aliphatic carbocycles. The van der Waals surface area contributed by atoms with E-state index < -0.39 is 0 Å². The largest absolute Gasteiger partial charge is 0.347 e. The Morgan fingerprint density at radius 1 is 1.92 bits per heavy atom. The number of terminal acetylenes is 1. The lowest BCUT2D eigenvalue weighted by Crippen LogP contribution is -2.32. The van der Waals surface area contributed by atoms with Crippen molar-refractivity contribution in [2.45, 2.75) is 19.4 Å². The normalized spacial score (nSPS) is 11.7. The fourth-order valence-electron chi connectivity index (χ4n) is 0.912. The first kappa shape index (κ1) is 9.33. The van der Waals surface area contributed by atoms with Gasteiger partial charge in [-0.25, -0.2) is 0 Å². The lowest BCUT2D eigenvalue weighted by atomic mass is 10.2. The smallest absolute Gasteiger partial charge is 0.269 e. The van der Waals surface area contributed by atoms with Crippen LogP contribution in [0.4, 0.5) is 0 Å². The van der Waals surface area contributed by atoms with Crippen LogP contribution in [0, 0.1) is 12.3 Å². The van der Waals surface area contributed by atoms with Crippen molar-refractivity contribution in [2.24, 2.45) is 0 Å². The Labute approximate surface area is 76.7 Å². The first-order chi connectivity index (χ1) is 6.24. The highest BCUT2D eigenvalue weighted by Crippen LogP contribution is 1.94. The topological polar surface area (TPSA) is 57.8 Å². The van der Waals surface area contributed by atoms with Crippen molar-refractivity contribution in [2.75, 3.05) is 0 Å². The Hall–Kier alpha value is -1.76. The Bertz CT molecular complexity index is 310. The summed E-state index contributed by atoms with van der Waals surface area (Å²) in [5.41, 5.74) is 0.448. The SMILES string of the molecule is C#CCC(C)NC(=O)c1ccn[nH]1. The van der Waals surface area contributed by atoms with Gasteiger partial charge in [0.15, 0.2) is 0 Å². The third kappa shape index (κ3) is 2.64. The van der Waals surface area contributed by atoms with E-state index in [0.717, 1.165) is 0 Å². The van der Waals surface area contributed by atoms with E-state index >= 15 is 0 Å². The monoisotopic (exact) mass is 177 g/mol. The van der Waals surface area contributed by atoms with Crippen molar-refractivity contribution < 1.29 is 4.79 Å². The molecule has 1 aromatic heterocycles. The first-order valence-corrected chi connectivity index (χ1v) is 3.97. The Morgan fingerprint density at radius 3 is 3.23 bits per heavy atom. The van der Waals surface area contributed by atoms with E-state index in [0.29, 0.717) is 12.1 Å². The number of amides is 1. The maximum Gasteiger partial charge on any atom is 0.269 e. The van der Waals surface area contributed by atoms with Gasteiger partial charge in [-0.2, -0.15) is 5.10 Å². The molecule has 4 heteroatoms. The van der Waals surface area contributed by atoms with Crippen LogP contribution in [0.3, 0.4) is 0 Å². The molecule has 1 unspecified atom stereocenters. The molecule has 0 bridgehead atoms. The maximum atomic E-state index is 11.3. The number of nitrogens with one attached hydrogen (secondary N) is 2. The molecule has 0 aliphatic heterocycles. The predicted octanol–water partition coefficient (Wildman–Crippen LogP) is 0.551. The number of rotatable bonds is 3. The van der Waals surface area contributed by atoms with Gasteiger partial charge in [0.05, 0.1) is 0 Å². The zero-order chi connectivity index (χ0) is 9.68. The van der Waals surface area contributed by atoms with Crippen molar-refractivity contribution in [3.63, 3.8) is 0 Å². The van der Waals surface area contributed by atoms with Gasteiger partial charge >= 0.3 is 0 Å². The predicted molar refractivity (Wildman–Crippen MR) is 49.0 cm³/mol. The van der Waals surface area contributed by atoms with E-state index in [2.05, 4.69) is 21.4 Å². The van der Waals surface area contributed by atoms with Gasteiger partial charge in [0, 0.05) is 18.7 Å². The fraction of sp³-hybridized carbons (Fsp3) is 0.333. The highest BCUT2D eigenvalue weighted by molar-refractivity contribution is 5.92. The van der Waals surface area contributed by atoms with Gasteiger partial charge in [-0.05, 0) is 13.0 Å². The summed E-state index contributed by atoms with van der Waals surface area (Å²) >= 11 is 0. The molecule has 1 amide bonds. The second kappa shape index (κ2) is 4.31. The minimum atomic E-state index is -0.180. The van der Waals surface area contributed by atoms with Crippen molar-refractivity contribution in [1.82, 2.24) is 15.5 Å². The third-order valence-electron chi connectivity index (χ3n) is 1.55. The van der Waals surface area contributed by atoms with Crippen molar-refractivity contribution in [1.29, 1.82) is 0 Å². The van der Waals surface area contributed by atoms with Crippen molar-refractivity contribution >= 4 is 5.91 Å². The van der Waals surface area contributed by atoms with Crippen LogP contribution in [0.15, 0.2) is 12.3 Å². The van der Waals surface area contributed by atoms with Gasteiger partial charge in [-0.3, -0.25) is 9.89 Å². The molecule has 1 atom stereocenters. The Kier molecular flexibility index (Phi) is 3.09. The number of aromatic nitrogens is 2. The summed E-state index contributed by atoms with van der Waals surface area (Å²) in [5, 5.41) is 8.97. The number of carbonyl (C=O) groups is 1. The van der Waals surface area contributed by atoms with E-state index in [1.54, 1.807) is 6.07 Å². The van der Waals surface area contributed by atoms with Crippen molar-refractivity contribution in [3.8, 4) is 12.3 Å². The molecule has 1 aromatic rings. The van der Waals surface area contributed by atoms with Gasteiger partial charge in [0.25, 0.3) is 5.91 Å². The van der Waals surface area contributed by atoms with E-state index in [9.17, 15) is 4.79 Å². The molecule has 0 aromatic carbocycles. The van der Waals surface area contributed by atoms with E-state index in [1.165, 1.54) is 6.20 Å². The highest BCUT2D eigenvalue weighted by Gasteiger charge is 2.08. The summed E-state index contributed by atoms with van der Waals surface area (Å²) < 4.78 is 0. The molecule has 4 nitrogen and oxygen atoms in total. The van der Waals surface area contributed by atoms with Crippen molar-refractivity contribution in [3.05, 3.63) is 18.0 Å². The third-order valence-corrected chi connectivity index (χ3v) is 1.55. The number of carbonyl (C=O) groups excluding carboxylic acids is 1. The molecule has 1 heterocycles. The molecule has 0 saturated heterocycles. The molecule has 2 N–H and O–H groups in total. The van der Waals surface area contributed by atoms with Gasteiger partial charge in [-0.1, -0.05) is 0 Å². The zero-order valence-corrected chi connectivity index (χ0v) is 7.37. The van der Waals surface area contributed by atoms with E-state index in [-0.39, 0.29) is 11.9 Å². The second-order valence-electron chi connectivity index (χ2n) is 2.75. The zero-order valence-electron chi connectivity index (χ0n) is 7.37. The average molecular weight is 177 g/mol. The molecule has 0 fully saturated rings. The number of H-pyrrole nitrogens is 1. The standard InChI is InChI=1S/C9H11N3O/c1-3-4-7(2)11-9(13)8-5-6-10-12-8/h1,5-7H,4H2,2H3,(H,10,12)(H,11,13). The lowest BCUT2D eigenvalue weighted by molar-refractivity contribution is 0.0936. The van der Waals surface area contributed by atoms with Crippen LogP contribution >= 0.6 is 0 Å². The summed E-state index contributed by atoms with van der Waals surface area (Å²) in [6, 6.07) is 1.60. The minimum Gasteiger partial charge on any atom is -0.347 e. The average Bonchev–Trinajstić information content (AvgIpc) is 2.55. The maximum absolute atomic E-state index is 11.3. The fourth-order valence-corrected chi connectivity index (χ4v) is 0.912. The molecule has 0 spiro atoms. The highest BCUT2D eigenvalue weighted by atomic mass is 16.2. The van der Waals surface area contributed by atoms with Crippen LogP contribution in [0.25, 0.3) is 0 Å². The van der Waals surface area contributed by atoms with Crippen LogP contribution in [0.5, 0.6) is 0 Å². The Morgan fingerprint density at radius 2 is 2.69 bits per heavy atom. The molecular weight excluding hydrogens is 166 g/mol. The van der Waals surface area contributed by atoms with Crippen LogP contribution in [0.1, 0.15) is 23.8 Å². The van der Waals surface area contributed by atoms with Crippen LogP contribution < -0.4 is 5.32 Å². The van der Waals surface area contributed by atoms with Crippen LogP contribution in [0.2, 0.25) is 0 Å². The van der Waals surface area contributed by atoms with E-state index in [1.807, 2.05) is 6.92 Å². The van der Waals surface area contributed by atoms with Gasteiger partial charge in [0.2, 0.25) is 0 Å². The second-order valence-corrected chi connectivity index (χ2v) is 2.75. The summed E-state index contributed by atoms with van der Waals surface area (Å²) in [6.45, 7) is 1.86. The molecule has 13 heavy (non-hydrogen) atoms. The first-order valence-electron chi connectivity index (χ1n) is 3.97. The van der Waals surface area contributed by atoms with Crippen LogP contribution in [-0.2, 0) is 0 Å². The Balaban J connectivity index is 2.48. The number of aromatic amines is 1. The molecule has 68 valence electrons. The minimum absolute atomic E-state index is 0.0131. The summed E-state index contributed by atoms with van der Waals surface area (Å²) in [4.78, 5) is 11.3. The summed E-state index contributed by atoms with van der Waals surface area (Å²) in [7, 11) is 0. The number of hydrogen-bond acceptors (Lipinski definition) is 2. The van der Waals surface area contributed by atoms with Gasteiger partial charge in [-0.15, -0.1) is 12.3 Å². The summed E-state index contributed by atoms with van der Waals surface area (Å²) in [6.07, 6.45) is 7.16. The summed E-state index contributed by atoms with van der Waals surface area (Å²) in [5.74, 6) is 2.30. The van der Waals surface area contributed by atoms with E-state index in [4.69, 9.17) is 6.42 Å².